The minimum absolute atomic E-state index is 0.00145. The summed E-state index contributed by atoms with van der Waals surface area (Å²) < 4.78 is 0. The highest BCUT2D eigenvalue weighted by Gasteiger charge is 2.54. The summed E-state index contributed by atoms with van der Waals surface area (Å²) in [7, 11) is -2.72. The number of fused-ring (bicyclic) bond motifs is 5. The molecule has 2 fully saturated rings. The summed E-state index contributed by atoms with van der Waals surface area (Å²) in [6.45, 7) is 17.4. The summed E-state index contributed by atoms with van der Waals surface area (Å²) in [6.07, 6.45) is 6.89. The van der Waals surface area contributed by atoms with Crippen LogP contribution in [0, 0.1) is 17.3 Å². The fraction of sp³-hybridized carbons (Fsp3) is 0.708. The van der Waals surface area contributed by atoms with E-state index in [1.807, 2.05) is 0 Å². The van der Waals surface area contributed by atoms with Gasteiger partial charge in [-0.25, -0.2) is 0 Å². The van der Waals surface area contributed by atoms with Crippen molar-refractivity contribution in [2.75, 3.05) is 0 Å². The Kier molecular flexibility index (Phi) is 4.48. The third-order valence-electron chi connectivity index (χ3n) is 8.19. The van der Waals surface area contributed by atoms with E-state index in [1.165, 1.54) is 19.3 Å². The molecule has 2 saturated carbocycles. The number of Topliss-reactive ketones (excluding diaryl/α,β-unsaturated/α-hetero) is 1. The zero-order valence-corrected chi connectivity index (χ0v) is 20.5. The molecule has 3 aliphatic carbocycles. The lowest BCUT2D eigenvalue weighted by molar-refractivity contribution is -0.129. The SMILES string of the molecule is C[C@]12CC[C@@H]3c4cc([Si](C)(C)C)c([Si](C)(C)C)cc4CC[C@H]3[C@@H]1CCC2=O. The highest BCUT2D eigenvalue weighted by Crippen LogP contribution is 2.59. The average Bonchev–Trinajstić information content (AvgIpc) is 2.87. The van der Waals surface area contributed by atoms with Crippen molar-refractivity contribution < 1.29 is 4.79 Å². The maximum atomic E-state index is 12.6. The van der Waals surface area contributed by atoms with E-state index in [9.17, 15) is 4.79 Å². The molecule has 1 aromatic rings. The van der Waals surface area contributed by atoms with Gasteiger partial charge in [-0.2, -0.15) is 0 Å². The van der Waals surface area contributed by atoms with Crippen LogP contribution in [0.4, 0.5) is 0 Å². The van der Waals surface area contributed by atoms with E-state index in [-0.39, 0.29) is 5.41 Å². The summed E-state index contributed by atoms with van der Waals surface area (Å²) in [5.41, 5.74) is 3.34. The minimum atomic E-state index is -1.38. The first kappa shape index (κ1) is 19.6. The van der Waals surface area contributed by atoms with Crippen molar-refractivity contribution in [1.82, 2.24) is 0 Å². The van der Waals surface area contributed by atoms with Crippen LogP contribution in [0.1, 0.15) is 56.1 Å². The molecule has 0 unspecified atom stereocenters. The quantitative estimate of drug-likeness (QED) is 0.626. The predicted octanol–water partition coefficient (Wildman–Crippen LogP) is 5.20. The first-order valence-corrected chi connectivity index (χ1v) is 18.1. The van der Waals surface area contributed by atoms with Crippen LogP contribution in [0.5, 0.6) is 0 Å². The summed E-state index contributed by atoms with van der Waals surface area (Å²) >= 11 is 0. The standard InChI is InChI=1S/C24H38OSi2/c1-24-13-12-17-18(20(24)10-11-23(24)25)9-8-16-14-21(26(2,3)4)22(15-19(16)17)27(5,6)7/h14-15,17-18,20H,8-13H2,1-7H3/t17-,18+,20-,24-/m0/s1. The van der Waals surface area contributed by atoms with Gasteiger partial charge in [-0.05, 0) is 61.0 Å². The fourth-order valence-corrected chi connectivity index (χ4v) is 11.8. The second-order valence-electron chi connectivity index (χ2n) is 11.9. The smallest absolute Gasteiger partial charge is 0.139 e. The molecule has 0 spiro atoms. The van der Waals surface area contributed by atoms with Crippen LogP contribution in [0.25, 0.3) is 0 Å². The molecular weight excluding hydrogens is 360 g/mol. The number of benzene rings is 1. The number of carbonyl (C=O) groups is 1. The lowest BCUT2D eigenvalue weighted by Crippen LogP contribution is -2.57. The van der Waals surface area contributed by atoms with Gasteiger partial charge in [0.25, 0.3) is 0 Å². The number of carbonyl (C=O) groups excluding carboxylic acids is 1. The molecule has 0 aliphatic heterocycles. The molecule has 0 aromatic heterocycles. The molecule has 3 heteroatoms. The Labute approximate surface area is 168 Å². The fourth-order valence-electron chi connectivity index (χ4n) is 6.63. The Morgan fingerprint density at radius 2 is 1.52 bits per heavy atom. The highest BCUT2D eigenvalue weighted by molar-refractivity contribution is 6.98. The Hall–Kier alpha value is -0.676. The largest absolute Gasteiger partial charge is 0.299 e. The van der Waals surface area contributed by atoms with Crippen molar-refractivity contribution in [3.8, 4) is 0 Å². The van der Waals surface area contributed by atoms with Crippen LogP contribution >= 0.6 is 0 Å². The van der Waals surface area contributed by atoms with Gasteiger partial charge in [0, 0.05) is 11.8 Å². The molecule has 4 atom stereocenters. The summed E-state index contributed by atoms with van der Waals surface area (Å²) in [4.78, 5) is 12.6. The first-order valence-electron chi connectivity index (χ1n) is 11.1. The van der Waals surface area contributed by atoms with Gasteiger partial charge in [0.05, 0.1) is 16.1 Å². The zero-order chi connectivity index (χ0) is 19.8. The van der Waals surface area contributed by atoms with Gasteiger partial charge in [-0.3, -0.25) is 4.79 Å². The summed E-state index contributed by atoms with van der Waals surface area (Å²) in [6, 6.07) is 5.34. The molecule has 148 valence electrons. The monoisotopic (exact) mass is 398 g/mol. The minimum Gasteiger partial charge on any atom is -0.299 e. The number of hydrogen-bond donors (Lipinski definition) is 0. The Morgan fingerprint density at radius 1 is 0.889 bits per heavy atom. The molecule has 1 nitrogen and oxygen atoms in total. The molecule has 0 bridgehead atoms. The van der Waals surface area contributed by atoms with Crippen molar-refractivity contribution in [3.63, 3.8) is 0 Å². The lowest BCUT2D eigenvalue weighted by Gasteiger charge is -2.48. The van der Waals surface area contributed by atoms with Crippen LogP contribution in [0.15, 0.2) is 12.1 Å². The number of ketones is 1. The second-order valence-corrected chi connectivity index (χ2v) is 22.0. The van der Waals surface area contributed by atoms with Crippen LogP contribution in [0.3, 0.4) is 0 Å². The highest BCUT2D eigenvalue weighted by atomic mass is 28.3. The van der Waals surface area contributed by atoms with Gasteiger partial charge >= 0.3 is 0 Å². The van der Waals surface area contributed by atoms with Crippen molar-refractivity contribution in [1.29, 1.82) is 0 Å². The molecule has 0 heterocycles. The third-order valence-corrected chi connectivity index (χ3v) is 12.5. The average molecular weight is 399 g/mol. The van der Waals surface area contributed by atoms with Crippen LogP contribution in [0.2, 0.25) is 39.3 Å². The van der Waals surface area contributed by atoms with E-state index in [0.717, 1.165) is 25.2 Å². The summed E-state index contributed by atoms with van der Waals surface area (Å²) in [5, 5.41) is 3.47. The van der Waals surface area contributed by atoms with E-state index < -0.39 is 16.1 Å². The molecule has 0 radical (unpaired) electrons. The van der Waals surface area contributed by atoms with Gasteiger partial charge in [-0.15, -0.1) is 0 Å². The van der Waals surface area contributed by atoms with E-state index in [1.54, 1.807) is 21.5 Å². The van der Waals surface area contributed by atoms with Crippen molar-refractivity contribution in [3.05, 3.63) is 23.3 Å². The van der Waals surface area contributed by atoms with Crippen LogP contribution in [-0.2, 0) is 11.2 Å². The van der Waals surface area contributed by atoms with Crippen LogP contribution < -0.4 is 10.4 Å². The van der Waals surface area contributed by atoms with E-state index in [2.05, 4.69) is 58.3 Å². The zero-order valence-electron chi connectivity index (χ0n) is 18.5. The Morgan fingerprint density at radius 3 is 2.15 bits per heavy atom. The van der Waals surface area contributed by atoms with Gasteiger partial charge in [0.15, 0.2) is 0 Å². The molecular formula is C24H38OSi2. The molecule has 1 aromatic carbocycles. The Bertz CT molecular complexity index is 783. The summed E-state index contributed by atoms with van der Waals surface area (Å²) in [5.74, 6) is 2.66. The molecule has 0 N–H and O–H groups in total. The molecule has 3 aliphatic rings. The number of rotatable bonds is 2. The van der Waals surface area contributed by atoms with Gasteiger partial charge in [0.2, 0.25) is 0 Å². The van der Waals surface area contributed by atoms with E-state index >= 15 is 0 Å². The predicted molar refractivity (Wildman–Crippen MR) is 122 cm³/mol. The normalized spacial score (nSPS) is 33.4. The molecule has 27 heavy (non-hydrogen) atoms. The number of hydrogen-bond acceptors (Lipinski definition) is 1. The van der Waals surface area contributed by atoms with E-state index in [4.69, 9.17) is 0 Å². The Balaban J connectivity index is 1.80. The topological polar surface area (TPSA) is 17.1 Å². The molecule has 4 rings (SSSR count). The number of aryl methyl sites for hydroxylation is 1. The molecule has 0 saturated heterocycles. The maximum absolute atomic E-state index is 12.6. The molecule has 0 amide bonds. The second kappa shape index (κ2) is 6.16. The van der Waals surface area contributed by atoms with Crippen LogP contribution in [-0.4, -0.2) is 21.9 Å². The third kappa shape index (κ3) is 3.04. The van der Waals surface area contributed by atoms with E-state index in [0.29, 0.717) is 17.6 Å². The van der Waals surface area contributed by atoms with Gasteiger partial charge < -0.3 is 0 Å². The van der Waals surface area contributed by atoms with Crippen molar-refractivity contribution in [2.24, 2.45) is 17.3 Å². The van der Waals surface area contributed by atoms with Gasteiger partial charge in [0.1, 0.15) is 5.78 Å². The maximum Gasteiger partial charge on any atom is 0.139 e. The lowest BCUT2D eigenvalue weighted by atomic mass is 9.55. The van der Waals surface area contributed by atoms with Crippen molar-refractivity contribution in [2.45, 2.75) is 90.6 Å². The first-order chi connectivity index (χ1) is 12.4. The van der Waals surface area contributed by atoms with Crippen molar-refractivity contribution >= 4 is 32.3 Å². The van der Waals surface area contributed by atoms with Gasteiger partial charge in [-0.1, -0.05) is 68.7 Å².